The molecule has 3 heterocycles. The lowest BCUT2D eigenvalue weighted by atomic mass is 9.82. The number of rotatable bonds is 1. The number of hydrogen-bond donors (Lipinski definition) is 0. The van der Waals surface area contributed by atoms with Crippen LogP contribution < -0.4 is 9.64 Å². The monoisotopic (exact) mass is 386 g/mol. The fraction of sp³-hybridized carbons (Fsp3) is 0.636. The summed E-state index contributed by atoms with van der Waals surface area (Å²) >= 11 is 0. The summed E-state index contributed by atoms with van der Waals surface area (Å²) in [6, 6.07) is 5.93. The molecule has 1 aromatic rings. The molecule has 0 N–H and O–H groups in total. The van der Waals surface area contributed by atoms with Gasteiger partial charge in [0, 0.05) is 39.0 Å². The third-order valence-electron chi connectivity index (χ3n) is 5.87. The van der Waals surface area contributed by atoms with Gasteiger partial charge in [0.25, 0.3) is 0 Å². The van der Waals surface area contributed by atoms with Crippen LogP contribution in [0.25, 0.3) is 0 Å². The highest BCUT2D eigenvalue weighted by Crippen LogP contribution is 2.43. The quantitative estimate of drug-likeness (QED) is 0.730. The number of benzene rings is 1. The Kier molecular flexibility index (Phi) is 4.76. The smallest absolute Gasteiger partial charge is 0.410 e. The first-order chi connectivity index (χ1) is 13.3. The minimum absolute atomic E-state index is 0.162. The molecule has 4 rings (SSSR count). The van der Waals surface area contributed by atoms with E-state index in [1.54, 1.807) is 4.90 Å². The predicted octanol–water partition coefficient (Wildman–Crippen LogP) is 4.02. The van der Waals surface area contributed by atoms with Crippen molar-refractivity contribution in [2.45, 2.75) is 64.1 Å². The van der Waals surface area contributed by atoms with Crippen LogP contribution in [0.5, 0.6) is 5.75 Å². The van der Waals surface area contributed by atoms with Gasteiger partial charge in [-0.2, -0.15) is 0 Å². The van der Waals surface area contributed by atoms with E-state index in [1.165, 1.54) is 12.8 Å². The van der Waals surface area contributed by atoms with Gasteiger partial charge in [-0.25, -0.2) is 4.79 Å². The molecule has 0 radical (unpaired) electrons. The predicted molar refractivity (Wildman–Crippen MR) is 107 cm³/mol. The maximum Gasteiger partial charge on any atom is 0.410 e. The first-order valence-corrected chi connectivity index (χ1v) is 10.3. The van der Waals surface area contributed by atoms with Gasteiger partial charge in [0.2, 0.25) is 0 Å². The Bertz CT molecular complexity index is 769. The Morgan fingerprint density at radius 1 is 1.11 bits per heavy atom. The minimum Gasteiger partial charge on any atom is -0.486 e. The lowest BCUT2D eigenvalue weighted by molar-refractivity contribution is -0.0225. The van der Waals surface area contributed by atoms with Crippen LogP contribution in [-0.2, 0) is 4.74 Å². The van der Waals surface area contributed by atoms with E-state index in [2.05, 4.69) is 4.90 Å². The van der Waals surface area contributed by atoms with Crippen LogP contribution in [0.15, 0.2) is 18.2 Å². The van der Waals surface area contributed by atoms with Gasteiger partial charge in [0.1, 0.15) is 17.0 Å². The number of fused-ring (bicyclic) bond motifs is 1. The number of carbonyl (C=O) groups excluding carboxylic acids is 2. The highest BCUT2D eigenvalue weighted by Gasteiger charge is 2.45. The molecular formula is C22H30N2O4. The number of likely N-dealkylation sites (tertiary alicyclic amines) is 1. The zero-order chi connectivity index (χ0) is 19.9. The lowest BCUT2D eigenvalue weighted by Crippen LogP contribution is -2.53. The first-order valence-electron chi connectivity index (χ1n) is 10.3. The summed E-state index contributed by atoms with van der Waals surface area (Å²) in [7, 11) is 0. The van der Waals surface area contributed by atoms with Gasteiger partial charge < -0.3 is 19.3 Å². The molecule has 6 nitrogen and oxygen atoms in total. The molecule has 28 heavy (non-hydrogen) atoms. The topological polar surface area (TPSA) is 59.1 Å². The zero-order valence-electron chi connectivity index (χ0n) is 17.1. The minimum atomic E-state index is -0.508. The van der Waals surface area contributed by atoms with Crippen LogP contribution >= 0.6 is 0 Å². The average molecular weight is 386 g/mol. The van der Waals surface area contributed by atoms with Crippen LogP contribution in [0.3, 0.4) is 0 Å². The second-order valence-corrected chi connectivity index (χ2v) is 9.20. The second-order valence-electron chi connectivity index (χ2n) is 9.20. The van der Waals surface area contributed by atoms with Crippen molar-refractivity contribution in [1.29, 1.82) is 0 Å². The van der Waals surface area contributed by atoms with E-state index in [1.807, 2.05) is 39.0 Å². The van der Waals surface area contributed by atoms with E-state index in [9.17, 15) is 9.59 Å². The number of Topliss-reactive ketones (excluding diaryl/α,β-unsaturated/α-hetero) is 1. The van der Waals surface area contributed by atoms with Gasteiger partial charge in [-0.3, -0.25) is 4.79 Å². The van der Waals surface area contributed by atoms with E-state index in [4.69, 9.17) is 9.47 Å². The molecule has 2 saturated heterocycles. The van der Waals surface area contributed by atoms with E-state index in [-0.39, 0.29) is 11.9 Å². The van der Waals surface area contributed by atoms with Crippen LogP contribution in [0.1, 0.15) is 63.2 Å². The van der Waals surface area contributed by atoms with Crippen molar-refractivity contribution < 1.29 is 19.1 Å². The summed E-state index contributed by atoms with van der Waals surface area (Å²) in [4.78, 5) is 29.5. The summed E-state index contributed by atoms with van der Waals surface area (Å²) in [6.07, 6.45) is 3.72. The van der Waals surface area contributed by atoms with Gasteiger partial charge in [-0.15, -0.1) is 0 Å². The van der Waals surface area contributed by atoms with Crippen molar-refractivity contribution in [2.75, 3.05) is 31.1 Å². The zero-order valence-corrected chi connectivity index (χ0v) is 17.1. The van der Waals surface area contributed by atoms with Crippen molar-refractivity contribution in [3.8, 4) is 5.75 Å². The Morgan fingerprint density at radius 2 is 1.79 bits per heavy atom. The number of piperidine rings is 1. The molecular weight excluding hydrogens is 356 g/mol. The highest BCUT2D eigenvalue weighted by molar-refractivity contribution is 6.05. The SMILES string of the molecule is CC(C)(C)OC(=O)N1CCC2(CC1)CC(=O)c1c(cccc1N1CCCC1)O2. The number of anilines is 1. The van der Waals surface area contributed by atoms with Crippen LogP contribution in [0.4, 0.5) is 10.5 Å². The standard InChI is InChI=1S/C22H30N2O4/c1-21(2,3)28-20(26)24-13-9-22(10-14-24)15-17(25)19-16(23-11-4-5-12-23)7-6-8-18(19)27-22/h6-8H,4-5,9-15H2,1-3H3. The number of amides is 1. The van der Waals surface area contributed by atoms with Gasteiger partial charge in [-0.05, 0) is 45.7 Å². The van der Waals surface area contributed by atoms with Gasteiger partial charge >= 0.3 is 6.09 Å². The summed E-state index contributed by atoms with van der Waals surface area (Å²) in [5.74, 6) is 0.862. The fourth-order valence-corrected chi connectivity index (χ4v) is 4.46. The molecule has 1 spiro atoms. The molecule has 3 aliphatic rings. The molecule has 0 aromatic heterocycles. The summed E-state index contributed by atoms with van der Waals surface area (Å²) < 4.78 is 11.9. The molecule has 152 valence electrons. The lowest BCUT2D eigenvalue weighted by Gasteiger charge is -2.44. The molecule has 1 amide bonds. The molecule has 0 aliphatic carbocycles. The van der Waals surface area contributed by atoms with Crippen LogP contribution in [-0.4, -0.2) is 54.2 Å². The highest BCUT2D eigenvalue weighted by atomic mass is 16.6. The number of ether oxygens (including phenoxy) is 2. The third kappa shape index (κ3) is 3.69. The van der Waals surface area contributed by atoms with E-state index in [0.717, 1.165) is 24.3 Å². The summed E-state index contributed by atoms with van der Waals surface area (Å²) in [6.45, 7) is 8.70. The van der Waals surface area contributed by atoms with Crippen LogP contribution in [0, 0.1) is 0 Å². The molecule has 0 bridgehead atoms. The maximum atomic E-state index is 13.1. The normalized spacial score (nSPS) is 21.5. The first kappa shape index (κ1) is 19.1. The van der Waals surface area contributed by atoms with Crippen molar-refractivity contribution in [3.05, 3.63) is 23.8 Å². The number of nitrogens with zero attached hydrogens (tertiary/aromatic N) is 2. The van der Waals surface area contributed by atoms with E-state index >= 15 is 0 Å². The van der Waals surface area contributed by atoms with Gasteiger partial charge in [-0.1, -0.05) is 6.07 Å². The molecule has 0 atom stereocenters. The Morgan fingerprint density at radius 3 is 2.43 bits per heavy atom. The Labute approximate surface area is 166 Å². The van der Waals surface area contributed by atoms with E-state index in [0.29, 0.717) is 38.1 Å². The van der Waals surface area contributed by atoms with Gasteiger partial charge in [0.05, 0.1) is 17.7 Å². The molecule has 6 heteroatoms. The molecule has 0 saturated carbocycles. The molecule has 0 unspecified atom stereocenters. The Balaban J connectivity index is 1.49. The van der Waals surface area contributed by atoms with E-state index < -0.39 is 11.2 Å². The largest absolute Gasteiger partial charge is 0.486 e. The van der Waals surface area contributed by atoms with Gasteiger partial charge in [0.15, 0.2) is 5.78 Å². The second kappa shape index (κ2) is 6.98. The fourth-order valence-electron chi connectivity index (χ4n) is 4.46. The number of hydrogen-bond acceptors (Lipinski definition) is 5. The number of carbonyl (C=O) groups is 2. The molecule has 3 aliphatic heterocycles. The van der Waals surface area contributed by atoms with Crippen molar-refractivity contribution in [1.82, 2.24) is 4.90 Å². The molecule has 2 fully saturated rings. The number of ketones is 1. The van der Waals surface area contributed by atoms with Crippen LogP contribution in [0.2, 0.25) is 0 Å². The summed E-state index contributed by atoms with van der Waals surface area (Å²) in [5, 5.41) is 0. The third-order valence-corrected chi connectivity index (χ3v) is 5.87. The Hall–Kier alpha value is -2.24. The van der Waals surface area contributed by atoms with Crippen molar-refractivity contribution in [3.63, 3.8) is 0 Å². The van der Waals surface area contributed by atoms with Crippen molar-refractivity contribution >= 4 is 17.6 Å². The average Bonchev–Trinajstić information content (AvgIpc) is 3.14. The van der Waals surface area contributed by atoms with Crippen molar-refractivity contribution in [2.24, 2.45) is 0 Å². The summed E-state index contributed by atoms with van der Waals surface area (Å²) in [5.41, 5.74) is 0.742. The maximum absolute atomic E-state index is 13.1. The molecule has 1 aromatic carbocycles.